The third-order valence-electron chi connectivity index (χ3n) is 2.63. The van der Waals surface area contributed by atoms with Crippen molar-refractivity contribution in [1.82, 2.24) is 0 Å². The fourth-order valence-electron chi connectivity index (χ4n) is 1.83. The standard InChI is InChI=1S/C12H12O2/c1-8(14)12-10(7-13)3-2-4-11(12)9-5-6-9/h2-4,7,9H,5-6H2,1H3. The highest BCUT2D eigenvalue weighted by atomic mass is 16.1. The first-order valence-corrected chi connectivity index (χ1v) is 4.83. The Morgan fingerprint density at radius 1 is 1.43 bits per heavy atom. The van der Waals surface area contributed by atoms with Crippen LogP contribution in [0.5, 0.6) is 0 Å². The second-order valence-electron chi connectivity index (χ2n) is 3.76. The number of benzene rings is 1. The van der Waals surface area contributed by atoms with Gasteiger partial charge in [0.05, 0.1) is 0 Å². The summed E-state index contributed by atoms with van der Waals surface area (Å²) >= 11 is 0. The van der Waals surface area contributed by atoms with E-state index in [0.29, 0.717) is 17.0 Å². The van der Waals surface area contributed by atoms with Crippen LogP contribution in [-0.4, -0.2) is 12.1 Å². The van der Waals surface area contributed by atoms with Gasteiger partial charge < -0.3 is 0 Å². The lowest BCUT2D eigenvalue weighted by Gasteiger charge is -2.07. The molecule has 2 nitrogen and oxygen atoms in total. The summed E-state index contributed by atoms with van der Waals surface area (Å²) in [5, 5.41) is 0. The van der Waals surface area contributed by atoms with Crippen molar-refractivity contribution in [2.24, 2.45) is 0 Å². The topological polar surface area (TPSA) is 34.1 Å². The molecule has 0 atom stereocenters. The first-order chi connectivity index (χ1) is 6.74. The summed E-state index contributed by atoms with van der Waals surface area (Å²) in [6.07, 6.45) is 3.05. The number of carbonyl (C=O) groups excluding carboxylic acids is 2. The van der Waals surface area contributed by atoms with E-state index in [1.54, 1.807) is 6.07 Å². The fourth-order valence-corrected chi connectivity index (χ4v) is 1.83. The summed E-state index contributed by atoms with van der Waals surface area (Å²) < 4.78 is 0. The summed E-state index contributed by atoms with van der Waals surface area (Å²) in [6, 6.07) is 5.51. The Labute approximate surface area is 82.9 Å². The first-order valence-electron chi connectivity index (χ1n) is 4.83. The molecule has 1 saturated carbocycles. The van der Waals surface area contributed by atoms with Gasteiger partial charge in [0.2, 0.25) is 0 Å². The van der Waals surface area contributed by atoms with Crippen molar-refractivity contribution in [3.63, 3.8) is 0 Å². The second kappa shape index (κ2) is 3.37. The van der Waals surface area contributed by atoms with Gasteiger partial charge in [-0.2, -0.15) is 0 Å². The van der Waals surface area contributed by atoms with Gasteiger partial charge >= 0.3 is 0 Å². The van der Waals surface area contributed by atoms with Gasteiger partial charge in [-0.1, -0.05) is 18.2 Å². The van der Waals surface area contributed by atoms with Crippen molar-refractivity contribution in [3.05, 3.63) is 34.9 Å². The normalized spacial score (nSPS) is 15.2. The van der Waals surface area contributed by atoms with E-state index in [9.17, 15) is 9.59 Å². The predicted octanol–water partition coefficient (Wildman–Crippen LogP) is 2.58. The van der Waals surface area contributed by atoms with Crippen molar-refractivity contribution in [3.8, 4) is 0 Å². The van der Waals surface area contributed by atoms with Crippen LogP contribution in [0.25, 0.3) is 0 Å². The van der Waals surface area contributed by atoms with Crippen LogP contribution in [0, 0.1) is 0 Å². The number of rotatable bonds is 3. The van der Waals surface area contributed by atoms with E-state index in [2.05, 4.69) is 0 Å². The van der Waals surface area contributed by atoms with Crippen LogP contribution >= 0.6 is 0 Å². The molecule has 0 spiro atoms. The van der Waals surface area contributed by atoms with E-state index >= 15 is 0 Å². The van der Waals surface area contributed by atoms with Gasteiger partial charge in [0.1, 0.15) is 0 Å². The molecule has 0 heterocycles. The average molecular weight is 188 g/mol. The third kappa shape index (κ3) is 1.48. The van der Waals surface area contributed by atoms with E-state index in [1.165, 1.54) is 6.92 Å². The van der Waals surface area contributed by atoms with E-state index in [1.807, 2.05) is 12.1 Å². The molecule has 0 amide bonds. The summed E-state index contributed by atoms with van der Waals surface area (Å²) in [4.78, 5) is 22.2. The Bertz CT molecular complexity index is 389. The van der Waals surface area contributed by atoms with Gasteiger partial charge in [-0.3, -0.25) is 9.59 Å². The van der Waals surface area contributed by atoms with Crippen LogP contribution in [0.15, 0.2) is 18.2 Å². The predicted molar refractivity (Wildman–Crippen MR) is 53.8 cm³/mol. The van der Waals surface area contributed by atoms with Crippen LogP contribution in [0.3, 0.4) is 0 Å². The summed E-state index contributed by atoms with van der Waals surface area (Å²) in [6.45, 7) is 1.52. The van der Waals surface area contributed by atoms with Gasteiger partial charge in [0.25, 0.3) is 0 Å². The maximum atomic E-state index is 11.4. The molecule has 1 aliphatic carbocycles. The molecule has 0 N–H and O–H groups in total. The highest BCUT2D eigenvalue weighted by Crippen LogP contribution is 2.42. The van der Waals surface area contributed by atoms with Crippen molar-refractivity contribution < 1.29 is 9.59 Å². The van der Waals surface area contributed by atoms with Gasteiger partial charge in [0.15, 0.2) is 12.1 Å². The molecule has 1 aromatic rings. The molecule has 2 heteroatoms. The van der Waals surface area contributed by atoms with Crippen molar-refractivity contribution in [1.29, 1.82) is 0 Å². The molecular weight excluding hydrogens is 176 g/mol. The van der Waals surface area contributed by atoms with Crippen LogP contribution in [0.4, 0.5) is 0 Å². The molecule has 0 radical (unpaired) electrons. The van der Waals surface area contributed by atoms with Gasteiger partial charge in [-0.15, -0.1) is 0 Å². The second-order valence-corrected chi connectivity index (χ2v) is 3.76. The molecular formula is C12H12O2. The Balaban J connectivity index is 2.57. The maximum absolute atomic E-state index is 11.4. The Hall–Kier alpha value is -1.44. The largest absolute Gasteiger partial charge is 0.298 e. The Morgan fingerprint density at radius 2 is 2.14 bits per heavy atom. The molecule has 0 unspecified atom stereocenters. The van der Waals surface area contributed by atoms with Gasteiger partial charge in [-0.05, 0) is 31.2 Å². The maximum Gasteiger partial charge on any atom is 0.160 e. The quantitative estimate of drug-likeness (QED) is 0.539. The molecule has 0 aliphatic heterocycles. The Kier molecular flexibility index (Phi) is 2.20. The molecule has 2 rings (SSSR count). The lowest BCUT2D eigenvalue weighted by atomic mass is 9.96. The minimum Gasteiger partial charge on any atom is -0.298 e. The van der Waals surface area contributed by atoms with Gasteiger partial charge in [0, 0.05) is 11.1 Å². The molecule has 1 aliphatic rings. The number of hydrogen-bond donors (Lipinski definition) is 0. The highest BCUT2D eigenvalue weighted by Gasteiger charge is 2.28. The lowest BCUT2D eigenvalue weighted by molar-refractivity contribution is 0.100. The molecule has 0 bridgehead atoms. The van der Waals surface area contributed by atoms with E-state index in [-0.39, 0.29) is 5.78 Å². The van der Waals surface area contributed by atoms with Crippen molar-refractivity contribution in [2.45, 2.75) is 25.7 Å². The summed E-state index contributed by atoms with van der Waals surface area (Å²) in [5.41, 5.74) is 2.22. The van der Waals surface area contributed by atoms with Crippen molar-refractivity contribution in [2.75, 3.05) is 0 Å². The van der Waals surface area contributed by atoms with Crippen molar-refractivity contribution >= 4 is 12.1 Å². The molecule has 72 valence electrons. The molecule has 1 fully saturated rings. The van der Waals surface area contributed by atoms with Crippen LogP contribution in [0.2, 0.25) is 0 Å². The minimum absolute atomic E-state index is 0.00500. The van der Waals surface area contributed by atoms with Gasteiger partial charge in [-0.25, -0.2) is 0 Å². The monoisotopic (exact) mass is 188 g/mol. The lowest BCUT2D eigenvalue weighted by Crippen LogP contribution is -2.03. The minimum atomic E-state index is -0.00500. The number of hydrogen-bond acceptors (Lipinski definition) is 2. The molecule has 1 aromatic carbocycles. The molecule has 0 saturated heterocycles. The van der Waals surface area contributed by atoms with E-state index < -0.39 is 0 Å². The number of aldehydes is 1. The Morgan fingerprint density at radius 3 is 2.64 bits per heavy atom. The fraction of sp³-hybridized carbons (Fsp3) is 0.333. The number of ketones is 1. The smallest absolute Gasteiger partial charge is 0.160 e. The zero-order chi connectivity index (χ0) is 10.1. The number of Topliss-reactive ketones (excluding diaryl/α,β-unsaturated/α-hetero) is 1. The molecule has 14 heavy (non-hydrogen) atoms. The van der Waals surface area contributed by atoms with Crippen LogP contribution in [-0.2, 0) is 0 Å². The van der Waals surface area contributed by atoms with E-state index in [0.717, 1.165) is 24.7 Å². The average Bonchev–Trinajstić information content (AvgIpc) is 2.99. The van der Waals surface area contributed by atoms with E-state index in [4.69, 9.17) is 0 Å². The first kappa shape index (κ1) is 9.13. The zero-order valence-electron chi connectivity index (χ0n) is 8.12. The summed E-state index contributed by atoms with van der Waals surface area (Å²) in [5.74, 6) is 0.503. The molecule has 0 aromatic heterocycles. The summed E-state index contributed by atoms with van der Waals surface area (Å²) in [7, 11) is 0. The SMILES string of the molecule is CC(=O)c1c(C=O)cccc1C1CC1. The number of carbonyl (C=O) groups is 2. The van der Waals surface area contributed by atoms with Crippen LogP contribution < -0.4 is 0 Å². The third-order valence-corrected chi connectivity index (χ3v) is 2.63. The van der Waals surface area contributed by atoms with Crippen LogP contribution in [0.1, 0.15) is 52.0 Å². The zero-order valence-corrected chi connectivity index (χ0v) is 8.12. The highest BCUT2D eigenvalue weighted by molar-refractivity contribution is 6.02.